The summed E-state index contributed by atoms with van der Waals surface area (Å²) in [6, 6.07) is 6.07. The number of nitrogens with zero attached hydrogens (tertiary/aromatic N) is 2. The molecule has 0 aliphatic rings. The van der Waals surface area contributed by atoms with E-state index in [9.17, 15) is 17.6 Å². The van der Waals surface area contributed by atoms with Gasteiger partial charge in [-0.1, -0.05) is 0 Å². The standard InChI is InChI=1S/C19H20F4N2O/c1-5-25(4)11-24-17-8-13(3)18(9-12(17)2)26-14-6-7-16(20)15(10-14)19(21,22)23/h6-11H,5H2,1-4H3/b24-11-. The van der Waals surface area contributed by atoms with Crippen molar-refractivity contribution in [3.05, 3.63) is 52.8 Å². The maximum absolute atomic E-state index is 13.4. The topological polar surface area (TPSA) is 24.8 Å². The molecule has 0 saturated carbocycles. The van der Waals surface area contributed by atoms with Crippen LogP contribution in [-0.4, -0.2) is 24.8 Å². The van der Waals surface area contributed by atoms with E-state index in [0.29, 0.717) is 17.4 Å². The zero-order chi connectivity index (χ0) is 19.5. The van der Waals surface area contributed by atoms with Gasteiger partial charge in [-0.3, -0.25) is 0 Å². The summed E-state index contributed by atoms with van der Waals surface area (Å²) in [5, 5.41) is 0. The third-order valence-electron chi connectivity index (χ3n) is 3.86. The minimum atomic E-state index is -4.78. The van der Waals surface area contributed by atoms with E-state index in [1.807, 2.05) is 25.8 Å². The van der Waals surface area contributed by atoms with Crippen LogP contribution in [0.15, 0.2) is 35.3 Å². The number of ether oxygens (including phenoxy) is 1. The van der Waals surface area contributed by atoms with E-state index in [0.717, 1.165) is 23.9 Å². The van der Waals surface area contributed by atoms with Crippen molar-refractivity contribution in [2.24, 2.45) is 4.99 Å². The van der Waals surface area contributed by atoms with Crippen molar-refractivity contribution in [2.75, 3.05) is 13.6 Å². The lowest BCUT2D eigenvalue weighted by molar-refractivity contribution is -0.140. The highest BCUT2D eigenvalue weighted by Gasteiger charge is 2.34. The molecule has 3 nitrogen and oxygen atoms in total. The lowest BCUT2D eigenvalue weighted by Crippen LogP contribution is -2.14. The van der Waals surface area contributed by atoms with E-state index in [1.165, 1.54) is 6.07 Å². The molecule has 0 unspecified atom stereocenters. The quantitative estimate of drug-likeness (QED) is 0.375. The fraction of sp³-hybridized carbons (Fsp3) is 0.316. The number of aryl methyl sites for hydroxylation is 2. The molecule has 7 heteroatoms. The predicted molar refractivity (Wildman–Crippen MR) is 93.8 cm³/mol. The fourth-order valence-electron chi connectivity index (χ4n) is 2.18. The second-order valence-electron chi connectivity index (χ2n) is 5.96. The molecule has 2 aromatic rings. The Balaban J connectivity index is 2.31. The van der Waals surface area contributed by atoms with Crippen LogP contribution in [0.3, 0.4) is 0 Å². The van der Waals surface area contributed by atoms with Gasteiger partial charge in [-0.25, -0.2) is 9.38 Å². The SMILES string of the molecule is CCN(C)/C=N\c1cc(C)c(Oc2ccc(F)c(C(F)(F)F)c2)cc1C. The van der Waals surface area contributed by atoms with E-state index >= 15 is 0 Å². The summed E-state index contributed by atoms with van der Waals surface area (Å²) >= 11 is 0. The van der Waals surface area contributed by atoms with Crippen molar-refractivity contribution in [3.63, 3.8) is 0 Å². The molecular formula is C19H20F4N2O. The van der Waals surface area contributed by atoms with Gasteiger partial charge < -0.3 is 9.64 Å². The van der Waals surface area contributed by atoms with Crippen molar-refractivity contribution >= 4 is 12.0 Å². The van der Waals surface area contributed by atoms with Crippen molar-refractivity contribution < 1.29 is 22.3 Å². The Hall–Kier alpha value is -2.57. The Morgan fingerprint density at radius 1 is 1.12 bits per heavy atom. The van der Waals surface area contributed by atoms with Crippen LogP contribution in [0.2, 0.25) is 0 Å². The van der Waals surface area contributed by atoms with Gasteiger partial charge in [0.1, 0.15) is 17.3 Å². The molecule has 140 valence electrons. The average Bonchev–Trinajstić information content (AvgIpc) is 2.56. The minimum Gasteiger partial charge on any atom is -0.457 e. The molecule has 2 aromatic carbocycles. The first kappa shape index (κ1) is 19.8. The van der Waals surface area contributed by atoms with Crippen molar-refractivity contribution in [1.29, 1.82) is 0 Å². The van der Waals surface area contributed by atoms with E-state index in [4.69, 9.17) is 4.74 Å². The van der Waals surface area contributed by atoms with Gasteiger partial charge in [0.25, 0.3) is 0 Å². The Bertz CT molecular complexity index is 816. The monoisotopic (exact) mass is 368 g/mol. The summed E-state index contributed by atoms with van der Waals surface area (Å²) in [5.41, 5.74) is 0.905. The third kappa shape index (κ3) is 4.74. The molecule has 0 atom stereocenters. The van der Waals surface area contributed by atoms with Gasteiger partial charge in [0.05, 0.1) is 17.6 Å². The number of halogens is 4. The molecule has 0 spiro atoms. The van der Waals surface area contributed by atoms with Crippen molar-refractivity contribution in [3.8, 4) is 11.5 Å². The Kier molecular flexibility index (Phi) is 5.90. The molecule has 26 heavy (non-hydrogen) atoms. The third-order valence-corrected chi connectivity index (χ3v) is 3.86. The second-order valence-corrected chi connectivity index (χ2v) is 5.96. The zero-order valence-electron chi connectivity index (χ0n) is 15.0. The molecular weight excluding hydrogens is 348 g/mol. The van der Waals surface area contributed by atoms with Crippen LogP contribution in [-0.2, 0) is 6.18 Å². The number of rotatable bonds is 5. The first-order valence-electron chi connectivity index (χ1n) is 8.02. The molecule has 0 fully saturated rings. The number of aliphatic imine (C=N–C) groups is 1. The van der Waals surface area contributed by atoms with Crippen LogP contribution in [0.25, 0.3) is 0 Å². The maximum Gasteiger partial charge on any atom is 0.419 e. The van der Waals surface area contributed by atoms with E-state index in [1.54, 1.807) is 25.4 Å². The lowest BCUT2D eigenvalue weighted by Gasteiger charge is -2.14. The molecule has 2 rings (SSSR count). The highest BCUT2D eigenvalue weighted by Crippen LogP contribution is 2.36. The van der Waals surface area contributed by atoms with Crippen LogP contribution < -0.4 is 4.74 Å². The Morgan fingerprint density at radius 2 is 1.81 bits per heavy atom. The molecule has 0 saturated heterocycles. The molecule has 0 radical (unpaired) electrons. The van der Waals surface area contributed by atoms with Crippen LogP contribution >= 0.6 is 0 Å². The number of hydrogen-bond donors (Lipinski definition) is 0. The number of alkyl halides is 3. The van der Waals surface area contributed by atoms with Gasteiger partial charge in [0, 0.05) is 13.6 Å². The largest absolute Gasteiger partial charge is 0.457 e. The summed E-state index contributed by atoms with van der Waals surface area (Å²) < 4.78 is 57.4. The maximum atomic E-state index is 13.4. The lowest BCUT2D eigenvalue weighted by atomic mass is 10.1. The molecule has 0 aliphatic heterocycles. The number of benzene rings is 2. The molecule has 0 amide bonds. The molecule has 0 aromatic heterocycles. The van der Waals surface area contributed by atoms with Gasteiger partial charge in [0.15, 0.2) is 0 Å². The van der Waals surface area contributed by atoms with E-state index in [2.05, 4.69) is 4.99 Å². The fourth-order valence-corrected chi connectivity index (χ4v) is 2.18. The van der Waals surface area contributed by atoms with E-state index < -0.39 is 17.6 Å². The Morgan fingerprint density at radius 3 is 2.42 bits per heavy atom. The smallest absolute Gasteiger partial charge is 0.419 e. The summed E-state index contributed by atoms with van der Waals surface area (Å²) in [6.07, 6.45) is -3.07. The normalized spacial score (nSPS) is 11.8. The van der Waals surface area contributed by atoms with Gasteiger partial charge in [-0.2, -0.15) is 13.2 Å². The Labute approximate surface area is 149 Å². The van der Waals surface area contributed by atoms with Gasteiger partial charge >= 0.3 is 6.18 Å². The van der Waals surface area contributed by atoms with Crippen LogP contribution in [0.4, 0.5) is 23.2 Å². The zero-order valence-corrected chi connectivity index (χ0v) is 15.0. The van der Waals surface area contributed by atoms with Crippen molar-refractivity contribution in [2.45, 2.75) is 26.9 Å². The minimum absolute atomic E-state index is 0.0804. The molecule has 0 aliphatic carbocycles. The first-order valence-corrected chi connectivity index (χ1v) is 8.02. The van der Waals surface area contributed by atoms with Crippen LogP contribution in [0.5, 0.6) is 11.5 Å². The summed E-state index contributed by atoms with van der Waals surface area (Å²) in [5.74, 6) is -1.02. The predicted octanol–water partition coefficient (Wildman–Crippen LogP) is 5.87. The summed E-state index contributed by atoms with van der Waals surface area (Å²) in [7, 11) is 1.90. The summed E-state index contributed by atoms with van der Waals surface area (Å²) in [6.45, 7) is 6.41. The molecule has 0 bridgehead atoms. The van der Waals surface area contributed by atoms with Gasteiger partial charge in [-0.05, 0) is 62.2 Å². The molecule has 0 heterocycles. The summed E-state index contributed by atoms with van der Waals surface area (Å²) in [4.78, 5) is 6.30. The first-order chi connectivity index (χ1) is 12.1. The van der Waals surface area contributed by atoms with Gasteiger partial charge in [0.2, 0.25) is 0 Å². The average molecular weight is 368 g/mol. The van der Waals surface area contributed by atoms with Gasteiger partial charge in [-0.15, -0.1) is 0 Å². The highest BCUT2D eigenvalue weighted by molar-refractivity contribution is 5.64. The van der Waals surface area contributed by atoms with E-state index in [-0.39, 0.29) is 5.75 Å². The van der Waals surface area contributed by atoms with Crippen LogP contribution in [0, 0.1) is 19.7 Å². The molecule has 0 N–H and O–H groups in total. The highest BCUT2D eigenvalue weighted by atomic mass is 19.4. The van der Waals surface area contributed by atoms with Crippen molar-refractivity contribution in [1.82, 2.24) is 4.90 Å². The second kappa shape index (κ2) is 7.76. The number of hydrogen-bond acceptors (Lipinski definition) is 2. The van der Waals surface area contributed by atoms with Crippen LogP contribution in [0.1, 0.15) is 23.6 Å².